The molecule has 0 atom stereocenters. The van der Waals surface area contributed by atoms with E-state index in [1.807, 2.05) is 55.7 Å². The Balaban J connectivity index is 1.99. The SMILES string of the molecule is CC(C)(C)OC(=O)NCCn1c(S)nnc1-c1ccccc1. The second-order valence-electron chi connectivity index (χ2n) is 5.77. The van der Waals surface area contributed by atoms with Gasteiger partial charge >= 0.3 is 6.09 Å². The molecular formula is C15H20N4O2S. The van der Waals surface area contributed by atoms with Gasteiger partial charge in [0.25, 0.3) is 0 Å². The minimum atomic E-state index is -0.509. The summed E-state index contributed by atoms with van der Waals surface area (Å²) in [6, 6.07) is 9.72. The number of hydrogen-bond donors (Lipinski definition) is 2. The van der Waals surface area contributed by atoms with Crippen LogP contribution >= 0.6 is 12.6 Å². The normalized spacial score (nSPS) is 11.3. The number of amides is 1. The molecule has 1 heterocycles. The topological polar surface area (TPSA) is 69.0 Å². The first-order chi connectivity index (χ1) is 10.4. The monoisotopic (exact) mass is 320 g/mol. The van der Waals surface area contributed by atoms with Crippen LogP contribution in [0.3, 0.4) is 0 Å². The minimum Gasteiger partial charge on any atom is -0.444 e. The number of benzene rings is 1. The van der Waals surface area contributed by atoms with E-state index in [1.54, 1.807) is 0 Å². The van der Waals surface area contributed by atoms with Crippen molar-refractivity contribution in [3.63, 3.8) is 0 Å². The first-order valence-corrected chi connectivity index (χ1v) is 7.46. The van der Waals surface area contributed by atoms with Crippen molar-refractivity contribution in [3.8, 4) is 11.4 Å². The molecule has 7 heteroatoms. The molecule has 0 saturated heterocycles. The average molecular weight is 320 g/mol. The van der Waals surface area contributed by atoms with Crippen LogP contribution in [-0.2, 0) is 11.3 Å². The molecule has 2 rings (SSSR count). The van der Waals surface area contributed by atoms with E-state index in [1.165, 1.54) is 0 Å². The smallest absolute Gasteiger partial charge is 0.407 e. The van der Waals surface area contributed by atoms with Gasteiger partial charge in [0.05, 0.1) is 0 Å². The lowest BCUT2D eigenvalue weighted by Crippen LogP contribution is -2.34. The fraction of sp³-hybridized carbons (Fsp3) is 0.400. The second-order valence-corrected chi connectivity index (χ2v) is 6.17. The van der Waals surface area contributed by atoms with Crippen LogP contribution < -0.4 is 5.32 Å². The molecule has 6 nitrogen and oxygen atoms in total. The van der Waals surface area contributed by atoms with Crippen molar-refractivity contribution in [1.29, 1.82) is 0 Å². The molecule has 0 spiro atoms. The Morgan fingerprint density at radius 2 is 1.95 bits per heavy atom. The average Bonchev–Trinajstić information content (AvgIpc) is 2.79. The van der Waals surface area contributed by atoms with Crippen molar-refractivity contribution in [3.05, 3.63) is 30.3 Å². The third-order valence-corrected chi connectivity index (χ3v) is 3.10. The Kier molecular flexibility index (Phi) is 5.07. The van der Waals surface area contributed by atoms with Crippen molar-refractivity contribution in [2.24, 2.45) is 0 Å². The maximum Gasteiger partial charge on any atom is 0.407 e. The van der Waals surface area contributed by atoms with Crippen molar-refractivity contribution in [2.45, 2.75) is 38.1 Å². The number of nitrogens with one attached hydrogen (secondary N) is 1. The molecule has 0 aliphatic carbocycles. The number of thiol groups is 1. The van der Waals surface area contributed by atoms with E-state index < -0.39 is 11.7 Å². The number of carbonyl (C=O) groups is 1. The van der Waals surface area contributed by atoms with E-state index in [9.17, 15) is 4.79 Å². The predicted molar refractivity (Wildman–Crippen MR) is 86.9 cm³/mol. The molecule has 0 unspecified atom stereocenters. The first-order valence-electron chi connectivity index (χ1n) is 7.01. The van der Waals surface area contributed by atoms with Crippen molar-refractivity contribution < 1.29 is 9.53 Å². The highest BCUT2D eigenvalue weighted by molar-refractivity contribution is 7.80. The quantitative estimate of drug-likeness (QED) is 0.850. The van der Waals surface area contributed by atoms with Crippen molar-refractivity contribution in [2.75, 3.05) is 6.54 Å². The molecule has 1 aromatic carbocycles. The Bertz CT molecular complexity index is 635. The predicted octanol–water partition coefficient (Wildman–Crippen LogP) is 2.76. The summed E-state index contributed by atoms with van der Waals surface area (Å²) >= 11 is 4.31. The lowest BCUT2D eigenvalue weighted by Gasteiger charge is -2.19. The number of hydrogen-bond acceptors (Lipinski definition) is 5. The van der Waals surface area contributed by atoms with E-state index in [2.05, 4.69) is 28.1 Å². The fourth-order valence-electron chi connectivity index (χ4n) is 1.89. The zero-order chi connectivity index (χ0) is 16.2. The van der Waals surface area contributed by atoms with E-state index in [0.29, 0.717) is 18.2 Å². The summed E-state index contributed by atoms with van der Waals surface area (Å²) in [5.74, 6) is 0.719. The summed E-state index contributed by atoms with van der Waals surface area (Å²) in [6.45, 7) is 6.39. The van der Waals surface area contributed by atoms with Gasteiger partial charge in [0.15, 0.2) is 11.0 Å². The maximum atomic E-state index is 11.6. The van der Waals surface area contributed by atoms with Gasteiger partial charge in [-0.15, -0.1) is 22.8 Å². The van der Waals surface area contributed by atoms with Crippen LogP contribution in [0.4, 0.5) is 4.79 Å². The Morgan fingerprint density at radius 3 is 2.59 bits per heavy atom. The zero-order valence-electron chi connectivity index (χ0n) is 12.9. The molecule has 1 aromatic heterocycles. The Hall–Kier alpha value is -2.02. The van der Waals surface area contributed by atoms with Crippen LogP contribution in [0.5, 0.6) is 0 Å². The number of ether oxygens (including phenoxy) is 1. The summed E-state index contributed by atoms with van der Waals surface area (Å²) in [6.07, 6.45) is -0.442. The molecule has 0 radical (unpaired) electrons. The number of alkyl carbamates (subject to hydrolysis) is 1. The third kappa shape index (κ3) is 4.49. The number of rotatable bonds is 4. The molecular weight excluding hydrogens is 300 g/mol. The number of nitrogens with zero attached hydrogens (tertiary/aromatic N) is 3. The van der Waals surface area contributed by atoms with Gasteiger partial charge in [-0.1, -0.05) is 30.3 Å². The highest BCUT2D eigenvalue weighted by Crippen LogP contribution is 2.19. The summed E-state index contributed by atoms with van der Waals surface area (Å²) in [4.78, 5) is 11.6. The van der Waals surface area contributed by atoms with Gasteiger partial charge < -0.3 is 14.6 Å². The molecule has 2 aromatic rings. The standard InChI is InChI=1S/C15H20N4O2S/c1-15(2,3)21-14(20)16-9-10-19-12(17-18-13(19)22)11-7-5-4-6-8-11/h4-8H,9-10H2,1-3H3,(H,16,20)(H,18,22). The number of carbonyl (C=O) groups excluding carboxylic acids is 1. The summed E-state index contributed by atoms with van der Waals surface area (Å²) in [5.41, 5.74) is 0.442. The lowest BCUT2D eigenvalue weighted by atomic mass is 10.2. The zero-order valence-corrected chi connectivity index (χ0v) is 13.8. The highest BCUT2D eigenvalue weighted by Gasteiger charge is 2.16. The van der Waals surface area contributed by atoms with E-state index in [-0.39, 0.29) is 0 Å². The van der Waals surface area contributed by atoms with Crippen LogP contribution in [0.15, 0.2) is 35.5 Å². The third-order valence-electron chi connectivity index (χ3n) is 2.77. The van der Waals surface area contributed by atoms with E-state index in [4.69, 9.17) is 4.74 Å². The first kappa shape index (κ1) is 16.4. The molecule has 22 heavy (non-hydrogen) atoms. The van der Waals surface area contributed by atoms with Gasteiger partial charge in [-0.25, -0.2) is 4.79 Å². The van der Waals surface area contributed by atoms with Crippen molar-refractivity contribution in [1.82, 2.24) is 20.1 Å². The van der Waals surface area contributed by atoms with Crippen LogP contribution in [0, 0.1) is 0 Å². The highest BCUT2D eigenvalue weighted by atomic mass is 32.1. The molecule has 0 bridgehead atoms. The van der Waals surface area contributed by atoms with Crippen LogP contribution in [-0.4, -0.2) is 33.0 Å². The van der Waals surface area contributed by atoms with Gasteiger partial charge in [-0.3, -0.25) is 0 Å². The molecule has 1 amide bonds. The van der Waals surface area contributed by atoms with Gasteiger partial charge in [0.1, 0.15) is 5.60 Å². The maximum absolute atomic E-state index is 11.6. The van der Waals surface area contributed by atoms with Crippen LogP contribution in [0.1, 0.15) is 20.8 Å². The molecule has 0 fully saturated rings. The summed E-state index contributed by atoms with van der Waals surface area (Å²) < 4.78 is 7.04. The molecule has 0 aliphatic heterocycles. The summed E-state index contributed by atoms with van der Waals surface area (Å²) in [5, 5.41) is 11.3. The Morgan fingerprint density at radius 1 is 1.27 bits per heavy atom. The molecule has 0 saturated carbocycles. The minimum absolute atomic E-state index is 0.403. The van der Waals surface area contributed by atoms with E-state index in [0.717, 1.165) is 11.4 Å². The Labute approximate surface area is 135 Å². The lowest BCUT2D eigenvalue weighted by molar-refractivity contribution is 0.0526. The van der Waals surface area contributed by atoms with E-state index >= 15 is 0 Å². The fourth-order valence-corrected chi connectivity index (χ4v) is 2.12. The number of aromatic nitrogens is 3. The summed E-state index contributed by atoms with van der Waals surface area (Å²) in [7, 11) is 0. The van der Waals surface area contributed by atoms with Gasteiger partial charge in [-0.05, 0) is 20.8 Å². The molecule has 118 valence electrons. The molecule has 0 aliphatic rings. The molecule has 1 N–H and O–H groups in total. The van der Waals surface area contributed by atoms with Gasteiger partial charge in [0, 0.05) is 18.7 Å². The van der Waals surface area contributed by atoms with Crippen LogP contribution in [0.25, 0.3) is 11.4 Å². The van der Waals surface area contributed by atoms with Crippen molar-refractivity contribution >= 4 is 18.7 Å². The van der Waals surface area contributed by atoms with Gasteiger partial charge in [0.2, 0.25) is 0 Å². The largest absolute Gasteiger partial charge is 0.444 e. The second kappa shape index (κ2) is 6.83. The van der Waals surface area contributed by atoms with Crippen LogP contribution in [0.2, 0.25) is 0 Å². The van der Waals surface area contributed by atoms with Gasteiger partial charge in [-0.2, -0.15) is 0 Å².